The third-order valence-electron chi connectivity index (χ3n) is 2.05. The Hall–Kier alpha value is 0.230. The van der Waals surface area contributed by atoms with Crippen molar-refractivity contribution in [1.82, 2.24) is 0 Å². The summed E-state index contributed by atoms with van der Waals surface area (Å²) in [6, 6.07) is 3.96. The number of aryl methyl sites for hydroxylation is 1. The Morgan fingerprint density at radius 3 is 2.73 bits per heavy atom. The Balaban J connectivity index is 2.36. The Morgan fingerprint density at radius 1 is 1.53 bits per heavy atom. The van der Waals surface area contributed by atoms with Gasteiger partial charge in [-0.15, -0.1) is 11.3 Å². The molecule has 15 heavy (non-hydrogen) atoms. The normalized spacial score (nSPS) is 13.1. The minimum absolute atomic E-state index is 0.0706. The highest BCUT2D eigenvalue weighted by molar-refractivity contribution is 9.10. The standard InChI is InChI=1S/C10H7Br2ClOS/c1-5-2-3-14-9(5)8(12)7-4-6(11)10(13)15-7/h2-4,8H,1H3. The average Bonchev–Trinajstić information content (AvgIpc) is 2.74. The fourth-order valence-electron chi connectivity index (χ4n) is 1.26. The molecule has 0 bridgehead atoms. The molecule has 1 unspecified atom stereocenters. The van der Waals surface area contributed by atoms with Gasteiger partial charge in [-0.05, 0) is 40.5 Å². The van der Waals surface area contributed by atoms with Crippen LogP contribution in [0.5, 0.6) is 0 Å². The van der Waals surface area contributed by atoms with E-state index in [1.54, 1.807) is 17.6 Å². The van der Waals surface area contributed by atoms with Crippen LogP contribution in [-0.2, 0) is 0 Å². The minimum atomic E-state index is 0.0706. The molecule has 0 saturated heterocycles. The highest BCUT2D eigenvalue weighted by Crippen LogP contribution is 2.42. The van der Waals surface area contributed by atoms with Crippen LogP contribution in [0.25, 0.3) is 0 Å². The molecule has 5 heteroatoms. The predicted octanol–water partition coefficient (Wildman–Crippen LogP) is 5.55. The van der Waals surface area contributed by atoms with Gasteiger partial charge in [-0.1, -0.05) is 27.5 Å². The Bertz CT molecular complexity index is 458. The summed E-state index contributed by atoms with van der Waals surface area (Å²) >= 11 is 14.5. The maximum absolute atomic E-state index is 5.99. The summed E-state index contributed by atoms with van der Waals surface area (Å²) in [7, 11) is 0. The predicted molar refractivity (Wildman–Crippen MR) is 71.2 cm³/mol. The maximum atomic E-state index is 5.99. The SMILES string of the molecule is Cc1ccoc1C(Br)c1cc(Br)c(Cl)s1. The molecule has 0 N–H and O–H groups in total. The molecular weight excluding hydrogens is 363 g/mol. The van der Waals surface area contributed by atoms with E-state index in [9.17, 15) is 0 Å². The van der Waals surface area contributed by atoms with Gasteiger partial charge < -0.3 is 4.42 Å². The molecule has 80 valence electrons. The van der Waals surface area contributed by atoms with E-state index in [1.807, 2.05) is 19.1 Å². The van der Waals surface area contributed by atoms with Crippen LogP contribution in [0.4, 0.5) is 0 Å². The quantitative estimate of drug-likeness (QED) is 0.632. The number of hydrogen-bond acceptors (Lipinski definition) is 2. The van der Waals surface area contributed by atoms with Gasteiger partial charge in [-0.2, -0.15) is 0 Å². The average molecular weight is 370 g/mol. The van der Waals surface area contributed by atoms with Crippen molar-refractivity contribution < 1.29 is 4.42 Å². The number of hydrogen-bond donors (Lipinski definition) is 0. The van der Waals surface area contributed by atoms with Crippen molar-refractivity contribution in [1.29, 1.82) is 0 Å². The number of halogens is 3. The second-order valence-electron chi connectivity index (χ2n) is 3.10. The first-order valence-electron chi connectivity index (χ1n) is 4.22. The lowest BCUT2D eigenvalue weighted by Crippen LogP contribution is -1.88. The summed E-state index contributed by atoms with van der Waals surface area (Å²) in [5.74, 6) is 0.931. The zero-order chi connectivity index (χ0) is 11.0. The molecule has 0 radical (unpaired) electrons. The van der Waals surface area contributed by atoms with Crippen molar-refractivity contribution in [3.63, 3.8) is 0 Å². The molecule has 0 saturated carbocycles. The Kier molecular flexibility index (Phi) is 3.60. The topological polar surface area (TPSA) is 13.1 Å². The van der Waals surface area contributed by atoms with Gasteiger partial charge in [0, 0.05) is 9.35 Å². The molecule has 2 rings (SSSR count). The Morgan fingerprint density at radius 2 is 2.27 bits per heavy atom. The van der Waals surface area contributed by atoms with Gasteiger partial charge in [-0.25, -0.2) is 0 Å². The van der Waals surface area contributed by atoms with E-state index in [4.69, 9.17) is 16.0 Å². The first-order valence-corrected chi connectivity index (χ1v) is 7.12. The number of furan rings is 1. The molecular formula is C10H7Br2ClOS. The zero-order valence-corrected chi connectivity index (χ0v) is 12.5. The van der Waals surface area contributed by atoms with Crippen LogP contribution < -0.4 is 0 Å². The minimum Gasteiger partial charge on any atom is -0.467 e. The molecule has 2 heterocycles. The van der Waals surface area contributed by atoms with Gasteiger partial charge in [0.15, 0.2) is 0 Å². The van der Waals surface area contributed by atoms with Crippen molar-refractivity contribution >= 4 is 54.8 Å². The van der Waals surface area contributed by atoms with E-state index in [0.29, 0.717) is 0 Å². The van der Waals surface area contributed by atoms with E-state index in [1.165, 1.54) is 0 Å². The molecule has 0 amide bonds. The highest BCUT2D eigenvalue weighted by Gasteiger charge is 2.19. The molecule has 1 nitrogen and oxygen atoms in total. The van der Waals surface area contributed by atoms with Gasteiger partial charge in [0.2, 0.25) is 0 Å². The summed E-state index contributed by atoms with van der Waals surface area (Å²) in [4.78, 5) is 1.20. The number of alkyl halides is 1. The van der Waals surface area contributed by atoms with Crippen molar-refractivity contribution in [2.24, 2.45) is 0 Å². The van der Waals surface area contributed by atoms with Crippen molar-refractivity contribution in [2.45, 2.75) is 11.8 Å². The van der Waals surface area contributed by atoms with Crippen LogP contribution in [0.1, 0.15) is 21.0 Å². The van der Waals surface area contributed by atoms with Crippen LogP contribution >= 0.6 is 54.8 Å². The fraction of sp³-hybridized carbons (Fsp3) is 0.200. The van der Waals surface area contributed by atoms with Gasteiger partial charge in [-0.3, -0.25) is 0 Å². The first-order chi connectivity index (χ1) is 7.09. The van der Waals surface area contributed by atoms with Crippen LogP contribution in [0.15, 0.2) is 27.3 Å². The first kappa shape index (κ1) is 11.7. The van der Waals surface area contributed by atoms with E-state index < -0.39 is 0 Å². The molecule has 0 aliphatic heterocycles. The fourth-order valence-corrected chi connectivity index (χ4v) is 3.86. The molecule has 0 aromatic carbocycles. The highest BCUT2D eigenvalue weighted by atomic mass is 79.9. The largest absolute Gasteiger partial charge is 0.467 e. The number of rotatable bonds is 2. The van der Waals surface area contributed by atoms with E-state index >= 15 is 0 Å². The van der Waals surface area contributed by atoms with Crippen LogP contribution in [0, 0.1) is 6.92 Å². The van der Waals surface area contributed by atoms with Crippen molar-refractivity contribution in [2.75, 3.05) is 0 Å². The van der Waals surface area contributed by atoms with E-state index in [0.717, 1.165) is 25.0 Å². The lowest BCUT2D eigenvalue weighted by Gasteiger charge is -2.04. The molecule has 1 atom stereocenters. The van der Waals surface area contributed by atoms with Crippen LogP contribution in [0.2, 0.25) is 4.34 Å². The summed E-state index contributed by atoms with van der Waals surface area (Å²) in [6.45, 7) is 2.03. The van der Waals surface area contributed by atoms with Crippen LogP contribution in [0.3, 0.4) is 0 Å². The van der Waals surface area contributed by atoms with Crippen molar-refractivity contribution in [3.05, 3.63) is 43.4 Å². The molecule has 2 aromatic heterocycles. The third kappa shape index (κ3) is 2.33. The molecule has 2 aromatic rings. The van der Waals surface area contributed by atoms with Gasteiger partial charge in [0.1, 0.15) is 14.9 Å². The lowest BCUT2D eigenvalue weighted by molar-refractivity contribution is 0.518. The third-order valence-corrected chi connectivity index (χ3v) is 5.80. The molecule has 0 aliphatic carbocycles. The second kappa shape index (κ2) is 4.62. The Labute approximate surface area is 114 Å². The van der Waals surface area contributed by atoms with E-state index in [-0.39, 0.29) is 4.83 Å². The monoisotopic (exact) mass is 368 g/mol. The van der Waals surface area contributed by atoms with Gasteiger partial charge in [0.05, 0.1) is 6.26 Å². The van der Waals surface area contributed by atoms with Gasteiger partial charge in [0.25, 0.3) is 0 Å². The number of thiophene rings is 1. The van der Waals surface area contributed by atoms with Crippen molar-refractivity contribution in [3.8, 4) is 0 Å². The zero-order valence-electron chi connectivity index (χ0n) is 7.76. The summed E-state index contributed by atoms with van der Waals surface area (Å²) < 4.78 is 7.12. The lowest BCUT2D eigenvalue weighted by atomic mass is 10.2. The molecule has 0 fully saturated rings. The summed E-state index contributed by atoms with van der Waals surface area (Å²) in [5.41, 5.74) is 1.14. The molecule has 0 aliphatic rings. The maximum Gasteiger partial charge on any atom is 0.125 e. The summed E-state index contributed by atoms with van der Waals surface area (Å²) in [6.07, 6.45) is 1.70. The molecule has 0 spiro atoms. The summed E-state index contributed by atoms with van der Waals surface area (Å²) in [5, 5.41) is 0. The van der Waals surface area contributed by atoms with Crippen LogP contribution in [-0.4, -0.2) is 0 Å². The van der Waals surface area contributed by atoms with E-state index in [2.05, 4.69) is 31.9 Å². The van der Waals surface area contributed by atoms with Gasteiger partial charge >= 0.3 is 0 Å². The second-order valence-corrected chi connectivity index (χ2v) is 6.56. The smallest absolute Gasteiger partial charge is 0.125 e.